The Labute approximate surface area is 108 Å². The van der Waals surface area contributed by atoms with E-state index in [1.54, 1.807) is 24.3 Å². The van der Waals surface area contributed by atoms with Crippen LogP contribution >= 0.6 is 12.2 Å². The molecule has 0 radical (unpaired) electrons. The van der Waals surface area contributed by atoms with E-state index in [9.17, 15) is 10.1 Å². The summed E-state index contributed by atoms with van der Waals surface area (Å²) in [5, 5.41) is 15.7. The maximum absolute atomic E-state index is 10.9. The Morgan fingerprint density at radius 1 is 1.56 bits per heavy atom. The first-order valence-corrected chi connectivity index (χ1v) is 5.63. The first-order chi connectivity index (χ1) is 8.59. The molecule has 2 rings (SSSR count). The lowest BCUT2D eigenvalue weighted by molar-refractivity contribution is -0.494. The Hall–Kier alpha value is -2.22. The van der Waals surface area contributed by atoms with Crippen LogP contribution in [-0.2, 0) is 0 Å². The molecular formula is C10H11N5O2S. The molecule has 0 amide bonds. The van der Waals surface area contributed by atoms with Crippen molar-refractivity contribution < 1.29 is 5.03 Å². The summed E-state index contributed by atoms with van der Waals surface area (Å²) in [5.74, 6) is 0. The Balaban J connectivity index is 2.39. The predicted molar refractivity (Wildman–Crippen MR) is 71.9 cm³/mol. The number of hydrogen-bond donors (Lipinski definition) is 2. The predicted octanol–water partition coefficient (Wildman–Crippen LogP) is 0.626. The molecule has 3 N–H and O–H groups in total. The normalized spacial score (nSPS) is 16.2. The fourth-order valence-corrected chi connectivity index (χ4v) is 1.86. The van der Waals surface area contributed by atoms with Crippen molar-refractivity contribution in [1.82, 2.24) is 5.43 Å². The van der Waals surface area contributed by atoms with Gasteiger partial charge in [0, 0.05) is 12.0 Å². The number of hydrazine groups is 1. The number of nitrogens with two attached hydrogens (primary N) is 1. The van der Waals surface area contributed by atoms with Crippen LogP contribution in [0.1, 0.15) is 12.0 Å². The van der Waals surface area contributed by atoms with Gasteiger partial charge in [0.2, 0.25) is 0 Å². The fraction of sp³-hybridized carbons (Fsp3) is 0.200. The van der Waals surface area contributed by atoms with E-state index in [0.29, 0.717) is 23.4 Å². The van der Waals surface area contributed by atoms with Crippen molar-refractivity contribution in [1.29, 1.82) is 0 Å². The van der Waals surface area contributed by atoms with Crippen molar-refractivity contribution in [3.05, 3.63) is 39.9 Å². The van der Waals surface area contributed by atoms with Crippen LogP contribution < -0.4 is 16.2 Å². The van der Waals surface area contributed by atoms with Gasteiger partial charge in [-0.3, -0.25) is 5.43 Å². The van der Waals surface area contributed by atoms with Gasteiger partial charge in [-0.1, -0.05) is 23.2 Å². The van der Waals surface area contributed by atoms with Gasteiger partial charge in [0.05, 0.1) is 12.3 Å². The molecule has 0 saturated heterocycles. The lowest BCUT2D eigenvalue weighted by Gasteiger charge is -2.23. The third kappa shape index (κ3) is 2.38. The second-order valence-electron chi connectivity index (χ2n) is 3.66. The van der Waals surface area contributed by atoms with Crippen LogP contribution in [0.25, 0.3) is 0 Å². The summed E-state index contributed by atoms with van der Waals surface area (Å²) >= 11 is 4.67. The van der Waals surface area contributed by atoms with E-state index in [-0.39, 0.29) is 11.7 Å². The third-order valence-corrected chi connectivity index (χ3v) is 2.64. The number of anilines is 1. The van der Waals surface area contributed by atoms with E-state index in [2.05, 4.69) is 22.7 Å². The molecule has 1 aromatic carbocycles. The van der Waals surface area contributed by atoms with Crippen LogP contribution in [0.15, 0.2) is 29.4 Å². The summed E-state index contributed by atoms with van der Waals surface area (Å²) in [7, 11) is 0. The topological polar surface area (TPSA) is 96.8 Å². The van der Waals surface area contributed by atoms with E-state index in [1.165, 1.54) is 0 Å². The van der Waals surface area contributed by atoms with Gasteiger partial charge in [-0.15, -0.1) is 0 Å². The summed E-state index contributed by atoms with van der Waals surface area (Å²) in [4.78, 5) is 10.9. The van der Waals surface area contributed by atoms with Gasteiger partial charge >= 0.3 is 0 Å². The van der Waals surface area contributed by atoms with E-state index in [0.717, 1.165) is 5.01 Å². The summed E-state index contributed by atoms with van der Waals surface area (Å²) in [6.45, 7) is 0.266. The second kappa shape index (κ2) is 4.96. The first-order valence-electron chi connectivity index (χ1n) is 5.23. The molecule has 0 fully saturated rings. The summed E-state index contributed by atoms with van der Waals surface area (Å²) in [6, 6.07) is 7.02. The number of nitrogens with zero attached hydrogens (tertiary/aromatic N) is 3. The smallest absolute Gasteiger partial charge is 0.184 e. The van der Waals surface area contributed by atoms with Crippen LogP contribution in [0.2, 0.25) is 0 Å². The third-order valence-electron chi connectivity index (χ3n) is 2.55. The minimum Gasteiger partial charge on any atom is -0.375 e. The number of rotatable bonds is 2. The van der Waals surface area contributed by atoms with Gasteiger partial charge < -0.3 is 5.73 Å². The number of hydrazone groups is 1. The van der Waals surface area contributed by atoms with Crippen LogP contribution in [0, 0.1) is 10.1 Å². The minimum absolute atomic E-state index is 0.0664. The van der Waals surface area contributed by atoms with Crippen LogP contribution in [-0.4, -0.2) is 22.4 Å². The fourth-order valence-electron chi connectivity index (χ4n) is 1.82. The zero-order valence-electron chi connectivity index (χ0n) is 9.37. The highest BCUT2D eigenvalue weighted by Crippen LogP contribution is 2.26. The highest BCUT2D eigenvalue weighted by atomic mass is 32.1. The van der Waals surface area contributed by atoms with E-state index in [1.807, 2.05) is 0 Å². The quantitative estimate of drug-likeness (QED) is 0.462. The summed E-state index contributed by atoms with van der Waals surface area (Å²) in [5.41, 5.74) is 9.75. The van der Waals surface area contributed by atoms with Crippen molar-refractivity contribution in [2.75, 3.05) is 11.6 Å². The Morgan fingerprint density at radius 2 is 2.28 bits per heavy atom. The van der Waals surface area contributed by atoms with Gasteiger partial charge in [0.25, 0.3) is 0 Å². The van der Waals surface area contributed by atoms with Crippen molar-refractivity contribution in [3.63, 3.8) is 0 Å². The van der Waals surface area contributed by atoms with Gasteiger partial charge in [0.15, 0.2) is 10.1 Å². The number of nitro groups is 1. The highest BCUT2D eigenvalue weighted by Gasteiger charge is 2.28. The molecule has 1 aromatic rings. The average Bonchev–Trinajstić information content (AvgIpc) is 2.35. The van der Waals surface area contributed by atoms with Gasteiger partial charge in [0.1, 0.15) is 5.69 Å². The molecule has 0 saturated carbocycles. The zero-order chi connectivity index (χ0) is 13.1. The van der Waals surface area contributed by atoms with E-state index >= 15 is 0 Å². The minimum atomic E-state index is -0.420. The Bertz CT molecular complexity index is 531. The lowest BCUT2D eigenvalue weighted by Crippen LogP contribution is -2.37. The standard InChI is InChI=1S/C10H11N5O2S/c11-10(18)13-12-8-5-6-14(15(16)17)9-4-2-1-3-7(8)9/h1-4H,5-6H2,(H3,11,13,18). The molecule has 0 bridgehead atoms. The van der Waals surface area contributed by atoms with Crippen molar-refractivity contribution in [3.8, 4) is 0 Å². The maximum Gasteiger partial charge on any atom is 0.184 e. The molecule has 0 spiro atoms. The molecule has 0 unspecified atom stereocenters. The molecule has 7 nitrogen and oxygen atoms in total. The second-order valence-corrected chi connectivity index (χ2v) is 4.10. The molecule has 18 heavy (non-hydrogen) atoms. The van der Waals surface area contributed by atoms with Crippen LogP contribution in [0.5, 0.6) is 0 Å². The maximum atomic E-state index is 10.9. The molecule has 0 atom stereocenters. The van der Waals surface area contributed by atoms with Crippen molar-refractivity contribution >= 4 is 28.7 Å². The Morgan fingerprint density at radius 3 is 2.94 bits per heavy atom. The van der Waals surface area contributed by atoms with Crippen molar-refractivity contribution in [2.24, 2.45) is 10.8 Å². The molecule has 1 aliphatic heterocycles. The first kappa shape index (κ1) is 12.2. The monoisotopic (exact) mass is 265 g/mol. The van der Waals surface area contributed by atoms with E-state index < -0.39 is 5.03 Å². The number of nitrogens with one attached hydrogen (secondary N) is 1. The van der Waals surface area contributed by atoms with E-state index in [4.69, 9.17) is 5.73 Å². The van der Waals surface area contributed by atoms with Crippen LogP contribution in [0.3, 0.4) is 0 Å². The zero-order valence-corrected chi connectivity index (χ0v) is 10.2. The molecule has 94 valence electrons. The average molecular weight is 265 g/mol. The van der Waals surface area contributed by atoms with Gasteiger partial charge in [-0.2, -0.15) is 5.10 Å². The molecule has 0 aromatic heterocycles. The molecular weight excluding hydrogens is 254 g/mol. The molecule has 8 heteroatoms. The largest absolute Gasteiger partial charge is 0.375 e. The number of hydrogen-bond acceptors (Lipinski definition) is 4. The van der Waals surface area contributed by atoms with Crippen molar-refractivity contribution in [2.45, 2.75) is 6.42 Å². The molecule has 1 heterocycles. The number of fused-ring (bicyclic) bond motifs is 1. The summed E-state index contributed by atoms with van der Waals surface area (Å²) in [6.07, 6.45) is 0.452. The molecule has 0 aliphatic carbocycles. The highest BCUT2D eigenvalue weighted by molar-refractivity contribution is 7.80. The summed E-state index contributed by atoms with van der Waals surface area (Å²) < 4.78 is 0. The van der Waals surface area contributed by atoms with Crippen LogP contribution in [0.4, 0.5) is 5.69 Å². The molecule has 1 aliphatic rings. The number of thiocarbonyl (C=S) groups is 1. The lowest BCUT2D eigenvalue weighted by atomic mass is 10.0. The number of benzene rings is 1. The van der Waals surface area contributed by atoms with Gasteiger partial charge in [-0.25, -0.2) is 10.1 Å². The Kier molecular flexibility index (Phi) is 3.38. The van der Waals surface area contributed by atoms with Gasteiger partial charge in [-0.05, 0) is 18.3 Å². The number of para-hydroxylation sites is 1. The SMILES string of the molecule is NC(=S)NN=C1CCN([N+](=O)[O-])c2ccccc21.